The molecule has 0 N–H and O–H groups in total. The summed E-state index contributed by atoms with van der Waals surface area (Å²) in [7, 11) is 1.66. The average Bonchev–Trinajstić information content (AvgIpc) is 3.46. The van der Waals surface area contributed by atoms with Gasteiger partial charge in [-0.3, -0.25) is 0 Å². The first kappa shape index (κ1) is 29.2. The van der Waals surface area contributed by atoms with E-state index < -0.39 is 30.4 Å². The van der Waals surface area contributed by atoms with Crippen molar-refractivity contribution in [2.24, 2.45) is 0 Å². The van der Waals surface area contributed by atoms with Gasteiger partial charge in [-0.25, -0.2) is 0 Å². The van der Waals surface area contributed by atoms with E-state index in [1.807, 2.05) is 80.6 Å². The summed E-state index contributed by atoms with van der Waals surface area (Å²) in [5.41, 5.74) is 4.39. The topological polar surface area (TPSA) is 64.6 Å². The van der Waals surface area contributed by atoms with E-state index in [-0.39, 0.29) is 6.10 Å². The Bertz CT molecular complexity index is 1200. The van der Waals surface area contributed by atoms with Crippen molar-refractivity contribution in [1.82, 2.24) is 0 Å². The number of halogens is 1. The highest BCUT2D eigenvalue weighted by Gasteiger charge is 2.57. The Morgan fingerprint density at radius 1 is 0.825 bits per heavy atom. The molecule has 8 heteroatoms. The Hall–Kier alpha value is -2.30. The quantitative estimate of drug-likeness (QED) is 0.214. The van der Waals surface area contributed by atoms with Gasteiger partial charge in [0.1, 0.15) is 30.2 Å². The van der Waals surface area contributed by atoms with E-state index in [0.29, 0.717) is 26.4 Å². The predicted octanol–water partition coefficient (Wildman–Crippen LogP) is 6.15. The van der Waals surface area contributed by atoms with Crippen LogP contribution in [0.2, 0.25) is 0 Å². The van der Waals surface area contributed by atoms with E-state index in [1.54, 1.807) is 7.11 Å². The number of ether oxygens (including phenoxy) is 7. The third-order valence-corrected chi connectivity index (χ3v) is 7.71. The molecule has 0 aromatic heterocycles. The van der Waals surface area contributed by atoms with Crippen LogP contribution in [0, 0.1) is 0 Å². The van der Waals surface area contributed by atoms with Crippen LogP contribution in [0.3, 0.4) is 0 Å². The smallest absolute Gasteiger partial charge is 0.190 e. The molecule has 0 spiro atoms. The third-order valence-electron chi connectivity index (χ3n) is 7.10. The molecule has 3 aromatic carbocycles. The molecule has 5 atom stereocenters. The summed E-state index contributed by atoms with van der Waals surface area (Å²) in [4.78, 5) is 0. The number of rotatable bonds is 13. The molecule has 2 aliphatic rings. The van der Waals surface area contributed by atoms with Gasteiger partial charge < -0.3 is 33.2 Å². The molecule has 0 amide bonds. The van der Waals surface area contributed by atoms with Crippen molar-refractivity contribution in [1.29, 1.82) is 0 Å². The molecule has 5 rings (SSSR count). The highest BCUT2D eigenvalue weighted by Crippen LogP contribution is 2.40. The Morgan fingerprint density at radius 2 is 1.52 bits per heavy atom. The lowest BCUT2D eigenvalue weighted by atomic mass is 10.0. The molecule has 2 saturated heterocycles. The number of alkyl halides is 1. The third kappa shape index (κ3) is 7.31. The van der Waals surface area contributed by atoms with Crippen LogP contribution in [0.25, 0.3) is 0 Å². The minimum Gasteiger partial charge on any atom is -0.497 e. The fourth-order valence-electron chi connectivity index (χ4n) is 5.04. The van der Waals surface area contributed by atoms with Gasteiger partial charge in [0.05, 0.1) is 33.5 Å². The summed E-state index contributed by atoms with van der Waals surface area (Å²) in [6, 6.07) is 26.1. The molecule has 40 heavy (non-hydrogen) atoms. The number of hydrogen-bond acceptors (Lipinski definition) is 7. The maximum atomic E-state index is 6.55. The summed E-state index contributed by atoms with van der Waals surface area (Å²) in [5.74, 6) is 0.0488. The maximum Gasteiger partial charge on any atom is 0.190 e. The fourth-order valence-corrected chi connectivity index (χ4v) is 5.58. The van der Waals surface area contributed by atoms with Crippen molar-refractivity contribution in [2.45, 2.75) is 75.5 Å². The summed E-state index contributed by atoms with van der Waals surface area (Å²) in [6.45, 7) is 5.34. The minimum atomic E-state index is -0.759. The van der Waals surface area contributed by atoms with Gasteiger partial charge in [0, 0.05) is 5.33 Å². The van der Waals surface area contributed by atoms with Gasteiger partial charge in [-0.15, -0.1) is 0 Å². The zero-order valence-electron chi connectivity index (χ0n) is 23.2. The van der Waals surface area contributed by atoms with Crippen molar-refractivity contribution in [2.75, 3.05) is 13.7 Å². The van der Waals surface area contributed by atoms with Gasteiger partial charge in [-0.1, -0.05) is 82.7 Å². The molecule has 2 aliphatic heterocycles. The Labute approximate surface area is 244 Å². The Kier molecular flexibility index (Phi) is 9.91. The van der Waals surface area contributed by atoms with Gasteiger partial charge in [0.25, 0.3) is 0 Å². The Morgan fingerprint density at radius 3 is 2.25 bits per heavy atom. The molecular weight excluding hydrogens is 576 g/mol. The van der Waals surface area contributed by atoms with Gasteiger partial charge in [0.2, 0.25) is 0 Å². The SMILES string of the molecule is COc1ccc(COC[C@@H](OCc2ccccc2CBr)[C@H]2O[C@@H]3OC(C)(C)O[C@@H]3[C@H]2OCc2ccccc2)cc1. The van der Waals surface area contributed by atoms with Crippen LogP contribution in [-0.2, 0) is 53.6 Å². The average molecular weight is 614 g/mol. The van der Waals surface area contributed by atoms with Crippen LogP contribution in [0.5, 0.6) is 5.75 Å². The molecular formula is C32H37BrO7. The van der Waals surface area contributed by atoms with Crippen molar-refractivity contribution in [3.63, 3.8) is 0 Å². The van der Waals surface area contributed by atoms with Crippen LogP contribution in [0.4, 0.5) is 0 Å². The molecule has 2 heterocycles. The van der Waals surface area contributed by atoms with Crippen LogP contribution < -0.4 is 4.74 Å². The van der Waals surface area contributed by atoms with Crippen molar-refractivity contribution >= 4 is 15.9 Å². The lowest BCUT2D eigenvalue weighted by Crippen LogP contribution is -2.45. The largest absolute Gasteiger partial charge is 0.497 e. The predicted molar refractivity (Wildman–Crippen MR) is 154 cm³/mol. The number of benzene rings is 3. The molecule has 0 aliphatic carbocycles. The van der Waals surface area contributed by atoms with Gasteiger partial charge in [-0.05, 0) is 48.2 Å². The molecule has 2 fully saturated rings. The lowest BCUT2D eigenvalue weighted by Gasteiger charge is -2.31. The number of hydrogen-bond donors (Lipinski definition) is 0. The fraction of sp³-hybridized carbons (Fsp3) is 0.438. The standard InChI is InChI=1S/C32H37BrO7/c1-32(2)39-30-29(37-19-22-9-5-4-6-10-22)28(38-31(30)40-32)27(36-20-25-12-8-7-11-24(25)17-33)21-35-18-23-13-15-26(34-3)16-14-23/h4-16,27-31H,17-21H2,1-3H3/t27-,28-,29+,30-,31-/m1/s1. The summed E-state index contributed by atoms with van der Waals surface area (Å²) >= 11 is 3.59. The summed E-state index contributed by atoms with van der Waals surface area (Å²) in [6.07, 6.45) is -2.23. The van der Waals surface area contributed by atoms with E-state index in [9.17, 15) is 0 Å². The molecule has 3 aromatic rings. The van der Waals surface area contributed by atoms with Crippen LogP contribution >= 0.6 is 15.9 Å². The first-order valence-corrected chi connectivity index (χ1v) is 14.7. The molecule has 0 radical (unpaired) electrons. The maximum absolute atomic E-state index is 6.55. The van der Waals surface area contributed by atoms with E-state index in [1.165, 1.54) is 5.56 Å². The molecule has 214 valence electrons. The van der Waals surface area contributed by atoms with Gasteiger partial charge in [-0.2, -0.15) is 0 Å². The molecule has 0 saturated carbocycles. The number of methoxy groups -OCH3 is 1. The molecule has 0 unspecified atom stereocenters. The van der Waals surface area contributed by atoms with E-state index >= 15 is 0 Å². The monoisotopic (exact) mass is 612 g/mol. The number of fused-ring (bicyclic) bond motifs is 1. The van der Waals surface area contributed by atoms with E-state index in [0.717, 1.165) is 27.8 Å². The van der Waals surface area contributed by atoms with Crippen molar-refractivity contribution in [3.05, 3.63) is 101 Å². The molecule has 0 bridgehead atoms. The van der Waals surface area contributed by atoms with E-state index in [4.69, 9.17) is 33.2 Å². The molecule has 7 nitrogen and oxygen atoms in total. The first-order valence-electron chi connectivity index (χ1n) is 13.6. The van der Waals surface area contributed by atoms with E-state index in [2.05, 4.69) is 28.1 Å². The Balaban J connectivity index is 1.33. The zero-order valence-corrected chi connectivity index (χ0v) is 24.7. The van der Waals surface area contributed by atoms with Crippen LogP contribution in [0.1, 0.15) is 36.1 Å². The lowest BCUT2D eigenvalue weighted by molar-refractivity contribution is -0.238. The van der Waals surface area contributed by atoms with Crippen LogP contribution in [0.15, 0.2) is 78.9 Å². The van der Waals surface area contributed by atoms with Gasteiger partial charge >= 0.3 is 0 Å². The minimum absolute atomic E-state index is 0.307. The zero-order chi connectivity index (χ0) is 28.0. The van der Waals surface area contributed by atoms with Crippen molar-refractivity contribution in [3.8, 4) is 5.75 Å². The van der Waals surface area contributed by atoms with Gasteiger partial charge in [0.15, 0.2) is 12.1 Å². The van der Waals surface area contributed by atoms with Crippen molar-refractivity contribution < 1.29 is 33.2 Å². The normalized spacial score (nSPS) is 24.1. The summed E-state index contributed by atoms with van der Waals surface area (Å²) in [5, 5.41) is 0.745. The highest BCUT2D eigenvalue weighted by atomic mass is 79.9. The first-order chi connectivity index (χ1) is 19.5. The summed E-state index contributed by atoms with van der Waals surface area (Å²) < 4.78 is 43.3. The second-order valence-electron chi connectivity index (χ2n) is 10.4. The second kappa shape index (κ2) is 13.6. The second-order valence-corrected chi connectivity index (χ2v) is 11.0. The van der Waals surface area contributed by atoms with Crippen LogP contribution in [-0.4, -0.2) is 50.2 Å². The highest BCUT2D eigenvalue weighted by molar-refractivity contribution is 9.08.